The molecule has 0 aliphatic carbocycles. The Morgan fingerprint density at radius 3 is 1.25 bits per heavy atom. The van der Waals surface area contributed by atoms with Crippen LogP contribution in [0.3, 0.4) is 0 Å². The molecule has 21 valence electrons. The fraction of sp³-hybridized carbons (Fsp3) is 1.00. The third-order valence-corrected chi connectivity index (χ3v) is 0. The van der Waals surface area contributed by atoms with Crippen LogP contribution in [0.4, 0.5) is 0 Å². The van der Waals surface area contributed by atoms with E-state index in [1.54, 1.807) is 0 Å². The van der Waals surface area contributed by atoms with Crippen LogP contribution in [-0.2, 0) is 0 Å². The number of rotatable bonds is 0. The predicted octanol–water partition coefficient (Wildman–Crippen LogP) is -0.129. The van der Waals surface area contributed by atoms with E-state index in [2.05, 4.69) is 13.1 Å². The Labute approximate surface area is 42.0 Å². The van der Waals surface area contributed by atoms with E-state index in [1.165, 1.54) is 0 Å². The van der Waals surface area contributed by atoms with Crippen LogP contribution in [0.15, 0.2) is 0 Å². The molecule has 4 heavy (non-hydrogen) atoms. The van der Waals surface area contributed by atoms with Crippen LogP contribution in [-0.4, -0.2) is 28.4 Å². The standard InChI is InChI=1S/C2H7Si.Li.H/c1-3-2;;/h3H,1-2H3;;. The van der Waals surface area contributed by atoms with Crippen molar-refractivity contribution in [3.05, 3.63) is 0 Å². The minimum atomic E-state index is 0. The van der Waals surface area contributed by atoms with Crippen molar-refractivity contribution in [3.8, 4) is 0 Å². The first-order valence-electron chi connectivity index (χ1n) is 1.15. The Kier molecular flexibility index (Phi) is 20.3. The molecule has 0 spiro atoms. The summed E-state index contributed by atoms with van der Waals surface area (Å²) in [5, 5.41) is 0. The van der Waals surface area contributed by atoms with Crippen molar-refractivity contribution in [2.75, 3.05) is 0 Å². The summed E-state index contributed by atoms with van der Waals surface area (Å²) in [5.74, 6) is 0. The summed E-state index contributed by atoms with van der Waals surface area (Å²) in [6.07, 6.45) is 0. The second-order valence-electron chi connectivity index (χ2n) is 0.577. The van der Waals surface area contributed by atoms with Gasteiger partial charge in [-0.15, -0.1) is 0 Å². The molecular formula is C2H8LiSi. The fourth-order valence-corrected chi connectivity index (χ4v) is 0. The summed E-state index contributed by atoms with van der Waals surface area (Å²) in [5.41, 5.74) is 0. The van der Waals surface area contributed by atoms with E-state index in [-0.39, 0.29) is 18.9 Å². The third-order valence-electron chi connectivity index (χ3n) is 0. The monoisotopic (exact) mass is 67.1 g/mol. The Morgan fingerprint density at radius 1 is 1.25 bits per heavy atom. The molecule has 0 saturated carbocycles. The molecule has 0 aromatic rings. The first kappa shape index (κ1) is 8.84. The number of hydrogen-bond acceptors (Lipinski definition) is 0. The van der Waals surface area contributed by atoms with Gasteiger partial charge < -0.3 is 0 Å². The maximum atomic E-state index is 2.21. The second kappa shape index (κ2) is 9.18. The predicted molar refractivity (Wildman–Crippen MR) is 26.0 cm³/mol. The van der Waals surface area contributed by atoms with Gasteiger partial charge in [-0.2, -0.15) is 0 Å². The zero-order valence-electron chi connectivity index (χ0n) is 2.58. The van der Waals surface area contributed by atoms with Crippen molar-refractivity contribution in [3.63, 3.8) is 0 Å². The third kappa shape index (κ3) is 14.0. The molecule has 0 saturated heterocycles. The zero-order valence-corrected chi connectivity index (χ0v) is 3.73. The summed E-state index contributed by atoms with van der Waals surface area (Å²) in [6.45, 7) is 4.42. The van der Waals surface area contributed by atoms with Crippen molar-refractivity contribution in [2.45, 2.75) is 13.1 Å². The van der Waals surface area contributed by atoms with Gasteiger partial charge >= 0.3 is 18.9 Å². The van der Waals surface area contributed by atoms with Gasteiger partial charge in [0.25, 0.3) is 0 Å². The molecule has 0 aromatic carbocycles. The van der Waals surface area contributed by atoms with Crippen molar-refractivity contribution < 1.29 is 0 Å². The van der Waals surface area contributed by atoms with Gasteiger partial charge in [-0.25, -0.2) is 0 Å². The molecule has 0 unspecified atom stereocenters. The van der Waals surface area contributed by atoms with Crippen LogP contribution in [0.2, 0.25) is 13.1 Å². The molecule has 0 N–H and O–H groups in total. The second-order valence-corrected chi connectivity index (χ2v) is 1.73. The van der Waals surface area contributed by atoms with Crippen LogP contribution in [0.5, 0.6) is 0 Å². The summed E-state index contributed by atoms with van der Waals surface area (Å²) in [7, 11) is 0.750. The maximum absolute atomic E-state index is 2.21. The van der Waals surface area contributed by atoms with Gasteiger partial charge in [0, 0.05) is 9.52 Å². The van der Waals surface area contributed by atoms with Crippen molar-refractivity contribution in [1.29, 1.82) is 0 Å². The topological polar surface area (TPSA) is 0 Å². The molecule has 0 atom stereocenters. The van der Waals surface area contributed by atoms with Gasteiger partial charge in [0.15, 0.2) is 0 Å². The quantitative estimate of drug-likeness (QED) is 0.346. The fourth-order valence-electron chi connectivity index (χ4n) is 0. The Bertz CT molecular complexity index is 6.00. The molecular weight excluding hydrogens is 59.0 g/mol. The molecule has 2 heteroatoms. The van der Waals surface area contributed by atoms with E-state index in [0.29, 0.717) is 0 Å². The summed E-state index contributed by atoms with van der Waals surface area (Å²) >= 11 is 0. The van der Waals surface area contributed by atoms with Gasteiger partial charge in [-0.3, -0.25) is 0 Å². The molecule has 0 rings (SSSR count). The van der Waals surface area contributed by atoms with Crippen molar-refractivity contribution >= 4 is 28.4 Å². The average Bonchev–Trinajstić information content (AvgIpc) is 0.918. The van der Waals surface area contributed by atoms with Crippen LogP contribution in [0.1, 0.15) is 0 Å². The van der Waals surface area contributed by atoms with Gasteiger partial charge in [0.1, 0.15) is 0 Å². The van der Waals surface area contributed by atoms with Crippen LogP contribution in [0, 0.1) is 0 Å². The van der Waals surface area contributed by atoms with Gasteiger partial charge in [-0.1, -0.05) is 13.1 Å². The van der Waals surface area contributed by atoms with E-state index < -0.39 is 0 Å². The molecule has 0 heterocycles. The summed E-state index contributed by atoms with van der Waals surface area (Å²) in [6, 6.07) is 0. The first-order chi connectivity index (χ1) is 1.41. The molecule has 0 amide bonds. The molecule has 1 radical (unpaired) electrons. The van der Waals surface area contributed by atoms with Gasteiger partial charge in [0.05, 0.1) is 0 Å². The normalized spacial score (nSPS) is 4.50. The van der Waals surface area contributed by atoms with E-state index in [9.17, 15) is 0 Å². The van der Waals surface area contributed by atoms with Crippen LogP contribution < -0.4 is 0 Å². The molecule has 0 fully saturated rings. The number of hydrogen-bond donors (Lipinski definition) is 0. The molecule has 0 nitrogen and oxygen atoms in total. The van der Waals surface area contributed by atoms with Gasteiger partial charge in [-0.05, 0) is 0 Å². The van der Waals surface area contributed by atoms with Crippen LogP contribution in [0.25, 0.3) is 0 Å². The summed E-state index contributed by atoms with van der Waals surface area (Å²) in [4.78, 5) is 0. The Morgan fingerprint density at radius 2 is 1.25 bits per heavy atom. The molecule has 0 aliphatic rings. The van der Waals surface area contributed by atoms with E-state index in [1.807, 2.05) is 0 Å². The van der Waals surface area contributed by atoms with Crippen molar-refractivity contribution in [1.82, 2.24) is 0 Å². The SMILES string of the molecule is C[SiH]C.[LiH]. The molecule has 0 bridgehead atoms. The van der Waals surface area contributed by atoms with E-state index in [0.717, 1.165) is 9.52 Å². The summed E-state index contributed by atoms with van der Waals surface area (Å²) < 4.78 is 0. The molecule has 0 aliphatic heterocycles. The molecule has 0 aromatic heterocycles. The van der Waals surface area contributed by atoms with Crippen molar-refractivity contribution in [2.24, 2.45) is 0 Å². The Balaban J connectivity index is 0. The Hall–Kier alpha value is 0.814. The van der Waals surface area contributed by atoms with Crippen LogP contribution >= 0.6 is 0 Å². The van der Waals surface area contributed by atoms with E-state index >= 15 is 0 Å². The minimum absolute atomic E-state index is 0. The first-order valence-corrected chi connectivity index (χ1v) is 3.46. The average molecular weight is 67.1 g/mol. The zero-order chi connectivity index (χ0) is 2.71. The van der Waals surface area contributed by atoms with E-state index in [4.69, 9.17) is 0 Å². The van der Waals surface area contributed by atoms with Gasteiger partial charge in [0.2, 0.25) is 0 Å².